The van der Waals surface area contributed by atoms with Gasteiger partial charge >= 0.3 is 11.6 Å². The van der Waals surface area contributed by atoms with Crippen LogP contribution < -0.4 is 16.0 Å². The monoisotopic (exact) mass is 325 g/mol. The highest BCUT2D eigenvalue weighted by atomic mass is 79.9. The molecule has 2 rings (SSSR count). The van der Waals surface area contributed by atoms with Crippen molar-refractivity contribution in [2.45, 2.75) is 0 Å². The second kappa shape index (κ2) is 5.59. The number of nitrogens with one attached hydrogen (secondary N) is 1. The number of nitro groups is 1. The first-order valence-electron chi connectivity index (χ1n) is 5.01. The lowest BCUT2D eigenvalue weighted by Crippen LogP contribution is -2.11. The third-order valence-corrected chi connectivity index (χ3v) is 2.62. The summed E-state index contributed by atoms with van der Waals surface area (Å²) in [7, 11) is 0. The molecule has 0 saturated heterocycles. The number of hydrazine groups is 1. The fourth-order valence-electron chi connectivity index (χ4n) is 1.24. The fourth-order valence-corrected chi connectivity index (χ4v) is 1.51. The predicted octanol–water partition coefficient (Wildman–Crippen LogP) is 2.23. The number of benzene rings is 1. The van der Waals surface area contributed by atoms with Crippen LogP contribution in [0.2, 0.25) is 0 Å². The molecule has 0 atom stereocenters. The molecule has 0 aliphatic carbocycles. The van der Waals surface area contributed by atoms with E-state index in [0.717, 1.165) is 10.7 Å². The molecule has 0 unspecified atom stereocenters. The zero-order valence-electron chi connectivity index (χ0n) is 9.41. The molecule has 1 aromatic carbocycles. The number of ether oxygens (including phenoxy) is 1. The Labute approximate surface area is 115 Å². The Morgan fingerprint density at radius 1 is 1.37 bits per heavy atom. The largest absolute Gasteiger partial charge is 0.434 e. The van der Waals surface area contributed by atoms with Crippen molar-refractivity contribution >= 4 is 27.6 Å². The lowest BCUT2D eigenvalue weighted by atomic mass is 10.3. The molecule has 19 heavy (non-hydrogen) atoms. The van der Waals surface area contributed by atoms with E-state index < -0.39 is 4.92 Å². The number of hydrogen-bond donors (Lipinski definition) is 2. The van der Waals surface area contributed by atoms with Crippen molar-refractivity contribution in [1.82, 2.24) is 9.97 Å². The minimum absolute atomic E-state index is 0.0257. The van der Waals surface area contributed by atoms with Gasteiger partial charge in [0.05, 0.1) is 4.92 Å². The molecular weight excluding hydrogens is 318 g/mol. The number of nitrogen functional groups attached to an aromatic ring is 1. The Morgan fingerprint density at radius 3 is 2.63 bits per heavy atom. The first-order valence-corrected chi connectivity index (χ1v) is 5.81. The number of aromatic nitrogens is 2. The van der Waals surface area contributed by atoms with Gasteiger partial charge in [-0.2, -0.15) is 4.98 Å². The van der Waals surface area contributed by atoms with Crippen molar-refractivity contribution in [3.05, 3.63) is 45.0 Å². The summed E-state index contributed by atoms with van der Waals surface area (Å²) in [4.78, 5) is 17.7. The van der Waals surface area contributed by atoms with E-state index in [2.05, 4.69) is 31.3 Å². The van der Waals surface area contributed by atoms with Crippen molar-refractivity contribution < 1.29 is 9.66 Å². The number of anilines is 1. The Kier molecular flexibility index (Phi) is 3.88. The summed E-state index contributed by atoms with van der Waals surface area (Å²) in [5.41, 5.74) is 1.85. The van der Waals surface area contributed by atoms with Gasteiger partial charge < -0.3 is 4.74 Å². The maximum atomic E-state index is 10.9. The van der Waals surface area contributed by atoms with Gasteiger partial charge in [0.1, 0.15) is 11.9 Å². The van der Waals surface area contributed by atoms with Crippen LogP contribution in [0.4, 0.5) is 11.6 Å². The minimum Gasteiger partial charge on any atom is -0.434 e. The molecule has 0 fully saturated rings. The molecule has 0 bridgehead atoms. The molecule has 1 aromatic heterocycles. The number of hydrogen-bond acceptors (Lipinski definition) is 7. The van der Waals surface area contributed by atoms with Crippen LogP contribution >= 0.6 is 15.9 Å². The van der Waals surface area contributed by atoms with Crippen LogP contribution in [-0.2, 0) is 0 Å². The van der Waals surface area contributed by atoms with Crippen LogP contribution in [0.5, 0.6) is 11.6 Å². The zero-order valence-corrected chi connectivity index (χ0v) is 11.0. The molecular formula is C10H8BrN5O3. The zero-order chi connectivity index (χ0) is 13.8. The summed E-state index contributed by atoms with van der Waals surface area (Å²) in [5, 5.41) is 10.9. The SMILES string of the molecule is NNc1ncc([N+](=O)[O-])c(Oc2ccc(Br)cc2)n1. The molecule has 0 aliphatic rings. The standard InChI is InChI=1S/C10H8BrN5O3/c11-6-1-3-7(4-2-6)19-9-8(16(17)18)5-13-10(14-9)15-12/h1-5H,12H2,(H,13,14,15). The van der Waals surface area contributed by atoms with E-state index in [0.29, 0.717) is 5.75 Å². The molecule has 3 N–H and O–H groups in total. The maximum Gasteiger partial charge on any atom is 0.349 e. The molecule has 9 heteroatoms. The summed E-state index contributed by atoms with van der Waals surface area (Å²) >= 11 is 3.28. The lowest BCUT2D eigenvalue weighted by molar-refractivity contribution is -0.386. The van der Waals surface area contributed by atoms with Crippen LogP contribution in [0.1, 0.15) is 0 Å². The van der Waals surface area contributed by atoms with Crippen LogP contribution in [0.15, 0.2) is 34.9 Å². The number of nitrogens with two attached hydrogens (primary N) is 1. The van der Waals surface area contributed by atoms with E-state index in [9.17, 15) is 10.1 Å². The lowest BCUT2D eigenvalue weighted by Gasteiger charge is -2.06. The average molecular weight is 326 g/mol. The van der Waals surface area contributed by atoms with Gasteiger partial charge in [-0.05, 0) is 24.3 Å². The Bertz CT molecular complexity index is 605. The summed E-state index contributed by atoms with van der Waals surface area (Å²) < 4.78 is 6.22. The molecule has 2 aromatic rings. The minimum atomic E-state index is -0.630. The van der Waals surface area contributed by atoms with Gasteiger partial charge in [-0.3, -0.25) is 15.5 Å². The van der Waals surface area contributed by atoms with E-state index in [1.165, 1.54) is 0 Å². The third kappa shape index (κ3) is 3.14. The van der Waals surface area contributed by atoms with Crippen molar-refractivity contribution in [2.24, 2.45) is 5.84 Å². The molecule has 0 spiro atoms. The van der Waals surface area contributed by atoms with Gasteiger partial charge in [-0.15, -0.1) is 0 Å². The number of rotatable bonds is 4. The topological polar surface area (TPSA) is 116 Å². The van der Waals surface area contributed by atoms with Gasteiger partial charge in [-0.1, -0.05) is 15.9 Å². The predicted molar refractivity (Wildman–Crippen MR) is 70.7 cm³/mol. The van der Waals surface area contributed by atoms with Crippen LogP contribution in [0.25, 0.3) is 0 Å². The molecule has 8 nitrogen and oxygen atoms in total. The van der Waals surface area contributed by atoms with Gasteiger partial charge in [-0.25, -0.2) is 10.8 Å². The summed E-state index contributed by atoms with van der Waals surface area (Å²) in [6, 6.07) is 6.77. The first kappa shape index (κ1) is 13.2. The van der Waals surface area contributed by atoms with E-state index in [1.807, 2.05) is 0 Å². The van der Waals surface area contributed by atoms with Crippen molar-refractivity contribution in [3.63, 3.8) is 0 Å². The van der Waals surface area contributed by atoms with E-state index in [1.54, 1.807) is 24.3 Å². The average Bonchev–Trinajstić information content (AvgIpc) is 2.41. The molecule has 0 radical (unpaired) electrons. The highest BCUT2D eigenvalue weighted by Crippen LogP contribution is 2.29. The van der Waals surface area contributed by atoms with Crippen molar-refractivity contribution in [3.8, 4) is 11.6 Å². The molecule has 98 valence electrons. The quantitative estimate of drug-likeness (QED) is 0.502. The Hall–Kier alpha value is -2.26. The molecule has 1 heterocycles. The molecule has 0 aliphatic heterocycles. The second-order valence-electron chi connectivity index (χ2n) is 3.34. The van der Waals surface area contributed by atoms with Crippen LogP contribution in [0, 0.1) is 10.1 Å². The molecule has 0 amide bonds. The van der Waals surface area contributed by atoms with E-state index in [4.69, 9.17) is 10.6 Å². The molecule has 0 saturated carbocycles. The van der Waals surface area contributed by atoms with Gasteiger partial charge in [0.25, 0.3) is 0 Å². The van der Waals surface area contributed by atoms with E-state index >= 15 is 0 Å². The van der Waals surface area contributed by atoms with Gasteiger partial charge in [0.15, 0.2) is 0 Å². The van der Waals surface area contributed by atoms with Crippen LogP contribution in [-0.4, -0.2) is 14.9 Å². The third-order valence-electron chi connectivity index (χ3n) is 2.09. The Morgan fingerprint density at radius 2 is 2.05 bits per heavy atom. The maximum absolute atomic E-state index is 10.9. The Balaban J connectivity index is 2.36. The van der Waals surface area contributed by atoms with E-state index in [-0.39, 0.29) is 17.5 Å². The number of nitrogens with zero attached hydrogens (tertiary/aromatic N) is 3. The highest BCUT2D eigenvalue weighted by Gasteiger charge is 2.19. The smallest absolute Gasteiger partial charge is 0.349 e. The van der Waals surface area contributed by atoms with Gasteiger partial charge in [0.2, 0.25) is 5.95 Å². The fraction of sp³-hybridized carbons (Fsp3) is 0. The summed E-state index contributed by atoms with van der Waals surface area (Å²) in [6.07, 6.45) is 1.02. The van der Waals surface area contributed by atoms with Crippen molar-refractivity contribution in [1.29, 1.82) is 0 Å². The second-order valence-corrected chi connectivity index (χ2v) is 4.26. The van der Waals surface area contributed by atoms with Crippen molar-refractivity contribution in [2.75, 3.05) is 5.43 Å². The normalized spacial score (nSPS) is 10.0. The highest BCUT2D eigenvalue weighted by molar-refractivity contribution is 9.10. The number of halogens is 1. The first-order chi connectivity index (χ1) is 9.10. The summed E-state index contributed by atoms with van der Waals surface area (Å²) in [5.74, 6) is 5.40. The summed E-state index contributed by atoms with van der Waals surface area (Å²) in [6.45, 7) is 0. The van der Waals surface area contributed by atoms with Crippen LogP contribution in [0.3, 0.4) is 0 Å². The van der Waals surface area contributed by atoms with Gasteiger partial charge in [0, 0.05) is 4.47 Å².